The Morgan fingerprint density at radius 3 is 3.32 bits per heavy atom. The van der Waals surface area contributed by atoms with Gasteiger partial charge in [0.25, 0.3) is 0 Å². The van der Waals surface area contributed by atoms with Crippen LogP contribution in [0.2, 0.25) is 0 Å². The van der Waals surface area contributed by atoms with Gasteiger partial charge in [0.2, 0.25) is 0 Å². The van der Waals surface area contributed by atoms with Gasteiger partial charge in [-0.1, -0.05) is 12.1 Å². The quantitative estimate of drug-likeness (QED) is 0.843. The molecule has 0 radical (unpaired) electrons. The monoisotopic (exact) mass is 346 g/mol. The normalized spacial score (nSPS) is 41.4. The number of carbonyl (C=O) groups excluding carboxylic acids is 1. The molecule has 0 aromatic heterocycles. The molecule has 1 saturated heterocycles. The summed E-state index contributed by atoms with van der Waals surface area (Å²) in [5, 5.41) is 12.1. The molecule has 25 heavy (non-hydrogen) atoms. The zero-order chi connectivity index (χ0) is 21.6. The molecule has 2 fully saturated rings. The van der Waals surface area contributed by atoms with E-state index in [-0.39, 0.29) is 31.6 Å². The highest BCUT2D eigenvalue weighted by Crippen LogP contribution is 2.64. The van der Waals surface area contributed by atoms with E-state index in [2.05, 4.69) is 0 Å². The zero-order valence-electron chi connectivity index (χ0n) is 19.0. The molecule has 2 bridgehead atoms. The first kappa shape index (κ1) is 11.0. The molecule has 4 aliphatic rings. The molecule has 1 saturated carbocycles. The predicted octanol–water partition coefficient (Wildman–Crippen LogP) is 1.60. The van der Waals surface area contributed by atoms with Crippen LogP contribution in [0.5, 0.6) is 11.5 Å². The number of ketones is 1. The Morgan fingerprint density at radius 1 is 1.64 bits per heavy atom. The summed E-state index contributed by atoms with van der Waals surface area (Å²) in [5.74, 6) is 0.916. The SMILES string of the molecule is [2H]C([2H])=C([2H])C([2H])([2H])N1CC[C@@]23c4c5ccc(OC)c4O[C@@H]2C(=O)CC[C@]3(O)[C@@H]1C5. The van der Waals surface area contributed by atoms with Crippen molar-refractivity contribution in [3.63, 3.8) is 0 Å². The number of nitrogens with zero attached hydrogens (tertiary/aromatic N) is 1. The Balaban J connectivity index is 1.73. The maximum atomic E-state index is 12.9. The highest BCUT2D eigenvalue weighted by atomic mass is 16.5. The largest absolute Gasteiger partial charge is 0.493 e. The molecule has 0 amide bonds. The number of Topliss-reactive ketones (excluding diaryl/α,β-unsaturated/α-hetero) is 1. The molecule has 1 spiro atoms. The summed E-state index contributed by atoms with van der Waals surface area (Å²) in [7, 11) is 1.53. The van der Waals surface area contributed by atoms with E-state index in [1.54, 1.807) is 6.07 Å². The van der Waals surface area contributed by atoms with Gasteiger partial charge in [-0.3, -0.25) is 9.69 Å². The minimum absolute atomic E-state index is 0.0818. The first-order valence-electron chi connectivity index (χ1n) is 11.1. The summed E-state index contributed by atoms with van der Waals surface area (Å²) >= 11 is 0. The van der Waals surface area contributed by atoms with Crippen LogP contribution < -0.4 is 9.47 Å². The van der Waals surface area contributed by atoms with Crippen LogP contribution in [-0.4, -0.2) is 53.7 Å². The lowest BCUT2D eigenvalue weighted by atomic mass is 9.49. The summed E-state index contributed by atoms with van der Waals surface area (Å²) in [5.41, 5.74) is -0.771. The van der Waals surface area contributed by atoms with Crippen molar-refractivity contribution < 1.29 is 26.2 Å². The highest BCUT2D eigenvalue weighted by Gasteiger charge is 2.73. The van der Waals surface area contributed by atoms with Crippen molar-refractivity contribution in [2.75, 3.05) is 20.2 Å². The molecule has 4 atom stereocenters. The third-order valence-electron chi connectivity index (χ3n) is 6.66. The molecule has 5 heteroatoms. The topological polar surface area (TPSA) is 59.0 Å². The van der Waals surface area contributed by atoms with E-state index in [1.807, 2.05) is 6.07 Å². The number of aliphatic hydroxyl groups is 1. The van der Waals surface area contributed by atoms with Gasteiger partial charge in [-0.2, -0.15) is 0 Å². The van der Waals surface area contributed by atoms with Crippen LogP contribution in [0, 0.1) is 0 Å². The molecule has 1 aromatic carbocycles. The second-order valence-corrected chi connectivity index (χ2v) is 7.39. The van der Waals surface area contributed by atoms with Gasteiger partial charge in [0.15, 0.2) is 23.4 Å². The Labute approximate surface area is 154 Å². The van der Waals surface area contributed by atoms with Crippen LogP contribution in [-0.2, 0) is 16.6 Å². The number of methoxy groups -OCH3 is 1. The Kier molecular flexibility index (Phi) is 2.14. The minimum Gasteiger partial charge on any atom is -0.493 e. The van der Waals surface area contributed by atoms with Crippen molar-refractivity contribution in [2.24, 2.45) is 0 Å². The number of benzene rings is 1. The Morgan fingerprint density at radius 2 is 2.52 bits per heavy atom. The lowest BCUT2D eigenvalue weighted by molar-refractivity contribution is -0.187. The lowest BCUT2D eigenvalue weighted by Crippen LogP contribution is -2.76. The summed E-state index contributed by atoms with van der Waals surface area (Å²) in [6, 6.07) is 2.17. The van der Waals surface area contributed by atoms with E-state index in [1.165, 1.54) is 12.0 Å². The minimum atomic E-state index is -2.38. The molecule has 0 unspecified atom stereocenters. The average Bonchev–Trinajstić information content (AvgIpc) is 3.05. The maximum absolute atomic E-state index is 12.9. The Bertz CT molecular complexity index is 994. The number of carbonyl (C=O) groups is 1. The van der Waals surface area contributed by atoms with Gasteiger partial charge in [-0.25, -0.2) is 0 Å². The molecule has 5 rings (SSSR count). The molecular weight excluding hydrogens is 318 g/mol. The maximum Gasteiger partial charge on any atom is 0.174 e. The summed E-state index contributed by atoms with van der Waals surface area (Å²) in [6.07, 6.45) is 0.0125. The Hall–Kier alpha value is -1.85. The van der Waals surface area contributed by atoms with Gasteiger partial charge < -0.3 is 14.6 Å². The van der Waals surface area contributed by atoms with Crippen molar-refractivity contribution in [2.45, 2.75) is 48.8 Å². The van der Waals surface area contributed by atoms with E-state index in [4.69, 9.17) is 16.3 Å². The molecule has 5 nitrogen and oxygen atoms in total. The van der Waals surface area contributed by atoms with Gasteiger partial charge in [0.1, 0.15) is 0 Å². The van der Waals surface area contributed by atoms with E-state index in [9.17, 15) is 9.90 Å². The van der Waals surface area contributed by atoms with Crippen LogP contribution in [0.3, 0.4) is 0 Å². The lowest BCUT2D eigenvalue weighted by Gasteiger charge is -2.62. The van der Waals surface area contributed by atoms with Crippen molar-refractivity contribution in [3.05, 3.63) is 35.8 Å². The number of rotatable bonds is 3. The van der Waals surface area contributed by atoms with Crippen LogP contribution >= 0.6 is 0 Å². The number of hydrogen-bond donors (Lipinski definition) is 1. The van der Waals surface area contributed by atoms with Gasteiger partial charge in [-0.05, 0) is 30.9 Å². The van der Waals surface area contributed by atoms with Crippen LogP contribution in [0.15, 0.2) is 24.7 Å². The number of piperidine rings is 1. The number of hydrogen-bond acceptors (Lipinski definition) is 5. The third kappa shape index (κ3) is 1.59. The van der Waals surface area contributed by atoms with Crippen molar-refractivity contribution in [1.82, 2.24) is 4.90 Å². The van der Waals surface area contributed by atoms with Gasteiger partial charge >= 0.3 is 0 Å². The zero-order valence-corrected chi connectivity index (χ0v) is 14.0. The first-order chi connectivity index (χ1) is 14.1. The van der Waals surface area contributed by atoms with Crippen molar-refractivity contribution >= 4 is 5.78 Å². The second-order valence-electron chi connectivity index (χ2n) is 7.39. The predicted molar refractivity (Wildman–Crippen MR) is 92.2 cm³/mol. The van der Waals surface area contributed by atoms with Gasteiger partial charge in [-0.15, -0.1) is 6.53 Å². The fraction of sp³-hybridized carbons (Fsp3) is 0.550. The van der Waals surface area contributed by atoms with E-state index < -0.39 is 42.2 Å². The fourth-order valence-corrected chi connectivity index (χ4v) is 5.68. The smallest absolute Gasteiger partial charge is 0.174 e. The number of ether oxygens (including phenoxy) is 2. The summed E-state index contributed by atoms with van der Waals surface area (Å²) in [6.45, 7) is -3.11. The van der Waals surface area contributed by atoms with Crippen LogP contribution in [0.1, 0.15) is 37.2 Å². The van der Waals surface area contributed by atoms with E-state index in [0.717, 1.165) is 11.1 Å². The van der Waals surface area contributed by atoms with Crippen LogP contribution in [0.25, 0.3) is 0 Å². The standard InChI is InChI=1S/C20H23NO4/c1-3-9-21-10-8-19-16-12-4-5-14(24-2)17(16)25-18(19)13(22)6-7-20(19,23)15(21)11-12/h3-5,15,18,23H,1,6-11H2,2H3/t15-,18+,19+,20-/m0/s1/i1D2,3D,9D2. The third-order valence-corrected chi connectivity index (χ3v) is 6.66. The molecule has 1 N–H and O–H groups in total. The highest BCUT2D eigenvalue weighted by molar-refractivity contribution is 5.90. The second kappa shape index (κ2) is 4.86. The van der Waals surface area contributed by atoms with Crippen LogP contribution in [0.4, 0.5) is 0 Å². The molecule has 1 aromatic rings. The van der Waals surface area contributed by atoms with Gasteiger partial charge in [0, 0.05) is 33.8 Å². The molecule has 2 aliphatic carbocycles. The van der Waals surface area contributed by atoms with E-state index in [0.29, 0.717) is 17.9 Å². The number of likely N-dealkylation sites (tertiary alicyclic amines) is 1. The fourth-order valence-electron chi connectivity index (χ4n) is 5.68. The summed E-state index contributed by atoms with van der Waals surface area (Å²) < 4.78 is 51.5. The van der Waals surface area contributed by atoms with E-state index >= 15 is 0 Å². The summed E-state index contributed by atoms with van der Waals surface area (Å²) in [4.78, 5) is 14.3. The average molecular weight is 346 g/mol. The van der Waals surface area contributed by atoms with Crippen molar-refractivity contribution in [3.8, 4) is 11.5 Å². The molecule has 132 valence electrons. The molecular formula is C20H23NO4. The van der Waals surface area contributed by atoms with Crippen molar-refractivity contribution in [1.29, 1.82) is 0 Å². The molecule has 2 aliphatic heterocycles. The first-order valence-corrected chi connectivity index (χ1v) is 8.63. The van der Waals surface area contributed by atoms with Gasteiger partial charge in [0.05, 0.1) is 22.2 Å². The molecule has 2 heterocycles.